The van der Waals surface area contributed by atoms with Crippen LogP contribution in [0.25, 0.3) is 0 Å². The van der Waals surface area contributed by atoms with Crippen LogP contribution in [0.3, 0.4) is 0 Å². The zero-order valence-corrected chi connectivity index (χ0v) is 19.9. The molecule has 1 saturated heterocycles. The van der Waals surface area contributed by atoms with Crippen molar-refractivity contribution in [1.82, 2.24) is 9.21 Å². The van der Waals surface area contributed by atoms with Gasteiger partial charge in [0.25, 0.3) is 0 Å². The van der Waals surface area contributed by atoms with Gasteiger partial charge in [0.1, 0.15) is 16.7 Å². The predicted molar refractivity (Wildman–Crippen MR) is 117 cm³/mol. The summed E-state index contributed by atoms with van der Waals surface area (Å²) >= 11 is 0. The number of sulfonamides is 1. The van der Waals surface area contributed by atoms with E-state index in [0.717, 1.165) is 58.5 Å². The van der Waals surface area contributed by atoms with E-state index in [2.05, 4.69) is 4.90 Å². The highest BCUT2D eigenvalue weighted by atomic mass is 32.2. The largest absolute Gasteiger partial charge is 0.490 e. The lowest BCUT2D eigenvalue weighted by molar-refractivity contribution is -0.192. The lowest BCUT2D eigenvalue weighted by Gasteiger charge is -2.31. The number of hydrogen-bond acceptors (Lipinski definition) is 6. The quantitative estimate of drug-likeness (QED) is 0.590. The number of carboxylic acid groups (broad SMARTS) is 1. The highest BCUT2D eigenvalue weighted by molar-refractivity contribution is 7.89. The summed E-state index contributed by atoms with van der Waals surface area (Å²) < 4.78 is 72.2. The number of halogens is 3. The molecule has 2 fully saturated rings. The van der Waals surface area contributed by atoms with Crippen molar-refractivity contribution in [1.29, 1.82) is 0 Å². The summed E-state index contributed by atoms with van der Waals surface area (Å²) in [4.78, 5) is 11.6. The Bertz CT molecular complexity index is 939. The number of rotatable bonds is 6. The second-order valence-corrected chi connectivity index (χ2v) is 10.5. The zero-order valence-electron chi connectivity index (χ0n) is 19.0. The number of carbonyl (C=O) groups is 1. The zero-order chi connectivity index (χ0) is 24.9. The average molecular weight is 509 g/mol. The van der Waals surface area contributed by atoms with Crippen LogP contribution >= 0.6 is 0 Å². The lowest BCUT2D eigenvalue weighted by Crippen LogP contribution is -2.48. The van der Waals surface area contributed by atoms with E-state index in [-0.39, 0.29) is 12.1 Å². The fourth-order valence-corrected chi connectivity index (χ4v) is 6.04. The minimum Gasteiger partial charge on any atom is -0.487 e. The van der Waals surface area contributed by atoms with E-state index in [1.54, 1.807) is 22.5 Å². The number of nitrogens with zero attached hydrogens (tertiary/aromatic N) is 2. The van der Waals surface area contributed by atoms with Gasteiger partial charge in [0.05, 0.1) is 12.6 Å². The summed E-state index contributed by atoms with van der Waals surface area (Å²) in [5.41, 5.74) is 0. The predicted octanol–water partition coefficient (Wildman–Crippen LogP) is 2.98. The van der Waals surface area contributed by atoms with E-state index in [4.69, 9.17) is 19.4 Å². The normalized spacial score (nSPS) is 24.9. The van der Waals surface area contributed by atoms with Crippen LogP contribution in [0.5, 0.6) is 5.75 Å². The number of likely N-dealkylation sites (tertiary alicyclic amines) is 1. The molecule has 2 atom stereocenters. The highest BCUT2D eigenvalue weighted by Crippen LogP contribution is 2.39. The summed E-state index contributed by atoms with van der Waals surface area (Å²) in [7, 11) is -3.53. The van der Waals surface area contributed by atoms with Crippen LogP contribution in [0.15, 0.2) is 29.2 Å². The summed E-state index contributed by atoms with van der Waals surface area (Å²) in [6.45, 7) is 6.76. The fourth-order valence-electron chi connectivity index (χ4n) is 4.16. The number of benzene rings is 1. The van der Waals surface area contributed by atoms with Crippen LogP contribution in [0.4, 0.5) is 13.2 Å². The van der Waals surface area contributed by atoms with Crippen molar-refractivity contribution in [3.05, 3.63) is 24.3 Å². The molecule has 8 nitrogen and oxygen atoms in total. The molecule has 192 valence electrons. The number of hydrogen-bond donors (Lipinski definition) is 1. The first-order valence-electron chi connectivity index (χ1n) is 11.4. The molecule has 0 bridgehead atoms. The Kier molecular flexibility index (Phi) is 8.82. The van der Waals surface area contributed by atoms with Crippen molar-refractivity contribution >= 4 is 16.0 Å². The van der Waals surface area contributed by atoms with Gasteiger partial charge in [-0.3, -0.25) is 0 Å². The lowest BCUT2D eigenvalue weighted by atomic mass is 10.1. The Morgan fingerprint density at radius 2 is 1.82 bits per heavy atom. The molecule has 12 heteroatoms. The van der Waals surface area contributed by atoms with Crippen LogP contribution in [0, 0.1) is 5.92 Å². The van der Waals surface area contributed by atoms with Gasteiger partial charge >= 0.3 is 12.1 Å². The molecule has 1 N–H and O–H groups in total. The summed E-state index contributed by atoms with van der Waals surface area (Å²) in [6, 6.07) is 7.02. The number of carboxylic acids is 1. The number of alkyl halides is 3. The van der Waals surface area contributed by atoms with Crippen LogP contribution in [0.2, 0.25) is 0 Å². The van der Waals surface area contributed by atoms with E-state index in [9.17, 15) is 21.6 Å². The van der Waals surface area contributed by atoms with Crippen LogP contribution in [-0.4, -0.2) is 86.4 Å². The van der Waals surface area contributed by atoms with Crippen molar-refractivity contribution < 1.29 is 41.0 Å². The van der Waals surface area contributed by atoms with E-state index in [1.165, 1.54) is 0 Å². The van der Waals surface area contributed by atoms with Gasteiger partial charge in [0, 0.05) is 26.2 Å². The average Bonchev–Trinajstić information content (AvgIpc) is 3.61. The van der Waals surface area contributed by atoms with E-state index >= 15 is 0 Å². The van der Waals surface area contributed by atoms with Crippen molar-refractivity contribution in [2.45, 2.75) is 55.8 Å². The van der Waals surface area contributed by atoms with Gasteiger partial charge in [-0.1, -0.05) is 12.1 Å². The first-order chi connectivity index (χ1) is 16.0. The molecule has 3 aliphatic rings. The SMILES string of the molecule is CCOCCN1CC[C@@H]2Oc3ccccc3S(=O)(=O)N(CC3CC3)[C@H]2CC1.O=C(O)C(F)(F)F. The number of fused-ring (bicyclic) bond motifs is 2. The molecule has 0 amide bonds. The molecular formula is C22H31F3N2O6S. The summed E-state index contributed by atoms with van der Waals surface area (Å²) in [5, 5.41) is 7.12. The fraction of sp³-hybridized carbons (Fsp3) is 0.682. The first-order valence-corrected chi connectivity index (χ1v) is 12.9. The minimum atomic E-state index is -5.08. The Morgan fingerprint density at radius 3 is 2.44 bits per heavy atom. The third-order valence-corrected chi connectivity index (χ3v) is 8.05. The molecule has 1 aromatic carbocycles. The van der Waals surface area contributed by atoms with Gasteiger partial charge in [-0.25, -0.2) is 13.2 Å². The number of ether oxygens (including phenoxy) is 2. The molecule has 1 aromatic rings. The van der Waals surface area contributed by atoms with Crippen molar-refractivity contribution in [3.8, 4) is 5.75 Å². The van der Waals surface area contributed by atoms with Gasteiger partial charge < -0.3 is 19.5 Å². The highest BCUT2D eigenvalue weighted by Gasteiger charge is 2.45. The van der Waals surface area contributed by atoms with Gasteiger partial charge in [0.15, 0.2) is 0 Å². The molecule has 1 saturated carbocycles. The Hall–Kier alpha value is -1.89. The summed E-state index contributed by atoms with van der Waals surface area (Å²) in [6.07, 6.45) is -1.28. The molecule has 0 spiro atoms. The maximum Gasteiger partial charge on any atom is 0.490 e. The molecule has 34 heavy (non-hydrogen) atoms. The van der Waals surface area contributed by atoms with Crippen LogP contribution < -0.4 is 4.74 Å². The molecule has 1 aliphatic carbocycles. The van der Waals surface area contributed by atoms with Crippen molar-refractivity contribution in [2.75, 3.05) is 39.4 Å². The molecule has 0 radical (unpaired) electrons. The molecular weight excluding hydrogens is 477 g/mol. The van der Waals surface area contributed by atoms with Gasteiger partial charge in [0.2, 0.25) is 10.0 Å². The molecule has 4 rings (SSSR count). The van der Waals surface area contributed by atoms with Gasteiger partial charge in [-0.2, -0.15) is 17.5 Å². The second kappa shape index (κ2) is 11.2. The maximum atomic E-state index is 13.5. The van der Waals surface area contributed by atoms with Crippen molar-refractivity contribution in [3.63, 3.8) is 0 Å². The molecule has 2 heterocycles. The van der Waals surface area contributed by atoms with E-state index < -0.39 is 22.2 Å². The van der Waals surface area contributed by atoms with Gasteiger partial charge in [-0.05, 0) is 57.2 Å². The Labute approximate surface area is 197 Å². The Morgan fingerprint density at radius 1 is 1.18 bits per heavy atom. The maximum absolute atomic E-state index is 13.5. The second-order valence-electron chi connectivity index (χ2n) is 8.61. The third kappa shape index (κ3) is 6.83. The first kappa shape index (κ1) is 26.7. The minimum absolute atomic E-state index is 0.0971. The Balaban J connectivity index is 0.000000406. The number of para-hydroxylation sites is 1. The summed E-state index contributed by atoms with van der Waals surface area (Å²) in [5.74, 6) is -1.75. The van der Waals surface area contributed by atoms with E-state index in [0.29, 0.717) is 23.1 Å². The number of aliphatic carboxylic acids is 1. The molecule has 0 unspecified atom stereocenters. The molecule has 0 aromatic heterocycles. The van der Waals surface area contributed by atoms with Crippen LogP contribution in [0.1, 0.15) is 32.6 Å². The van der Waals surface area contributed by atoms with E-state index in [1.807, 2.05) is 13.0 Å². The third-order valence-electron chi connectivity index (χ3n) is 6.12. The molecule has 2 aliphatic heterocycles. The smallest absolute Gasteiger partial charge is 0.487 e. The van der Waals surface area contributed by atoms with Crippen molar-refractivity contribution in [2.24, 2.45) is 5.92 Å². The van der Waals surface area contributed by atoms with Gasteiger partial charge in [-0.15, -0.1) is 0 Å². The van der Waals surface area contributed by atoms with Crippen LogP contribution in [-0.2, 0) is 19.6 Å². The monoisotopic (exact) mass is 508 g/mol. The standard InChI is InChI=1S/C20H30N2O4S.C2HF3O2/c1-2-25-14-13-21-11-9-17-18(10-12-21)26-19-5-3-4-6-20(19)27(23,24)22(17)15-16-7-8-16;3-2(4,5)1(6)7/h3-6,16-18H,2,7-15H2,1H3;(H,6,7)/t17-,18-;/m0./s1. The topological polar surface area (TPSA) is 96.4 Å².